The fraction of sp³-hybridized carbons (Fsp3) is 0.400. The summed E-state index contributed by atoms with van der Waals surface area (Å²) in [5.41, 5.74) is 7.96. The van der Waals surface area contributed by atoms with Crippen LogP contribution < -0.4 is 16.2 Å². The van der Waals surface area contributed by atoms with Crippen molar-refractivity contribution in [3.8, 4) is 0 Å². The van der Waals surface area contributed by atoms with Crippen molar-refractivity contribution in [3.63, 3.8) is 0 Å². The van der Waals surface area contributed by atoms with Gasteiger partial charge in [-0.3, -0.25) is 14.5 Å². The SMILES string of the molecule is Cn1nccc1C1=CC2CCC(C1)N2c1cc(=O)[nH]c(N)n1. The third-order valence-corrected chi connectivity index (χ3v) is 4.56. The maximum absolute atomic E-state index is 11.7. The van der Waals surface area contributed by atoms with Crippen molar-refractivity contribution in [2.75, 3.05) is 10.6 Å². The van der Waals surface area contributed by atoms with E-state index in [-0.39, 0.29) is 17.5 Å². The molecule has 1 fully saturated rings. The summed E-state index contributed by atoms with van der Waals surface area (Å²) in [4.78, 5) is 20.7. The van der Waals surface area contributed by atoms with Gasteiger partial charge in [0.25, 0.3) is 5.56 Å². The first-order valence-corrected chi connectivity index (χ1v) is 7.46. The van der Waals surface area contributed by atoms with Gasteiger partial charge in [0.1, 0.15) is 5.82 Å². The number of nitrogens with zero attached hydrogens (tertiary/aromatic N) is 4. The van der Waals surface area contributed by atoms with Crippen LogP contribution in [0, 0.1) is 0 Å². The van der Waals surface area contributed by atoms with Crippen LogP contribution >= 0.6 is 0 Å². The molecule has 2 aliphatic rings. The zero-order valence-corrected chi connectivity index (χ0v) is 12.4. The fourth-order valence-corrected chi connectivity index (χ4v) is 3.66. The van der Waals surface area contributed by atoms with Crippen molar-refractivity contribution in [1.82, 2.24) is 19.7 Å². The van der Waals surface area contributed by atoms with E-state index in [9.17, 15) is 4.79 Å². The second-order valence-electron chi connectivity index (χ2n) is 5.93. The van der Waals surface area contributed by atoms with Gasteiger partial charge in [0.15, 0.2) is 0 Å². The monoisotopic (exact) mass is 298 g/mol. The highest BCUT2D eigenvalue weighted by Crippen LogP contribution is 2.40. The molecule has 4 heterocycles. The summed E-state index contributed by atoms with van der Waals surface area (Å²) < 4.78 is 1.91. The number of hydrogen-bond acceptors (Lipinski definition) is 5. The average Bonchev–Trinajstić information content (AvgIpc) is 2.99. The van der Waals surface area contributed by atoms with Crippen LogP contribution in [-0.2, 0) is 7.05 Å². The Hall–Kier alpha value is -2.57. The van der Waals surface area contributed by atoms with Crippen LogP contribution in [0.5, 0.6) is 0 Å². The number of nitrogen functional groups attached to an aromatic ring is 1. The highest BCUT2D eigenvalue weighted by atomic mass is 16.1. The second-order valence-corrected chi connectivity index (χ2v) is 5.93. The van der Waals surface area contributed by atoms with Gasteiger partial charge in [0, 0.05) is 31.4 Å². The number of nitrogens with two attached hydrogens (primary N) is 1. The van der Waals surface area contributed by atoms with Crippen molar-refractivity contribution >= 4 is 17.3 Å². The van der Waals surface area contributed by atoms with E-state index in [1.807, 2.05) is 24.0 Å². The van der Waals surface area contributed by atoms with Crippen molar-refractivity contribution in [1.29, 1.82) is 0 Å². The number of aromatic amines is 1. The molecule has 22 heavy (non-hydrogen) atoms. The fourth-order valence-electron chi connectivity index (χ4n) is 3.66. The van der Waals surface area contributed by atoms with Gasteiger partial charge in [0.2, 0.25) is 5.95 Å². The molecule has 0 saturated carbocycles. The molecule has 0 amide bonds. The molecule has 1 saturated heterocycles. The molecule has 0 radical (unpaired) electrons. The highest BCUT2D eigenvalue weighted by molar-refractivity contribution is 5.69. The lowest BCUT2D eigenvalue weighted by Crippen LogP contribution is -2.40. The number of rotatable bonds is 2. The van der Waals surface area contributed by atoms with Crippen molar-refractivity contribution in [2.24, 2.45) is 7.05 Å². The lowest BCUT2D eigenvalue weighted by Gasteiger charge is -2.34. The molecule has 114 valence electrons. The smallest absolute Gasteiger partial charge is 0.254 e. The summed E-state index contributed by atoms with van der Waals surface area (Å²) in [5, 5.41) is 4.25. The minimum Gasteiger partial charge on any atom is -0.369 e. The Morgan fingerprint density at radius 3 is 2.95 bits per heavy atom. The van der Waals surface area contributed by atoms with Gasteiger partial charge in [-0.15, -0.1) is 0 Å². The van der Waals surface area contributed by atoms with Gasteiger partial charge in [-0.1, -0.05) is 6.08 Å². The molecule has 2 unspecified atom stereocenters. The Kier molecular flexibility index (Phi) is 2.82. The van der Waals surface area contributed by atoms with Crippen LogP contribution in [0.3, 0.4) is 0 Å². The Bertz CT molecular complexity index is 804. The molecular weight excluding hydrogens is 280 g/mol. The summed E-state index contributed by atoms with van der Waals surface area (Å²) in [6.07, 6.45) is 7.20. The molecule has 2 bridgehead atoms. The first-order chi connectivity index (χ1) is 10.6. The number of fused-ring (bicyclic) bond motifs is 2. The summed E-state index contributed by atoms with van der Waals surface area (Å²) in [6, 6.07) is 4.19. The molecule has 4 rings (SSSR count). The van der Waals surface area contributed by atoms with Gasteiger partial charge in [-0.2, -0.15) is 10.1 Å². The molecule has 0 aromatic carbocycles. The van der Waals surface area contributed by atoms with Crippen LogP contribution in [0.25, 0.3) is 5.57 Å². The van der Waals surface area contributed by atoms with E-state index in [0.717, 1.165) is 25.0 Å². The first kappa shape index (κ1) is 13.1. The second kappa shape index (κ2) is 4.72. The van der Waals surface area contributed by atoms with E-state index in [1.165, 1.54) is 11.6 Å². The molecule has 2 atom stereocenters. The standard InChI is InChI=1S/C15H18N6O/c1-20-12(4-5-17-20)9-6-10-2-3-11(7-9)21(10)13-8-14(22)19-15(16)18-13/h4-6,8,10-11H,2-3,7H2,1H3,(H3,16,18,19,22). The molecule has 2 aromatic rings. The first-order valence-electron chi connectivity index (χ1n) is 7.46. The number of aromatic nitrogens is 4. The summed E-state index contributed by atoms with van der Waals surface area (Å²) in [7, 11) is 1.96. The van der Waals surface area contributed by atoms with Crippen molar-refractivity contribution in [2.45, 2.75) is 31.3 Å². The Labute approximate surface area is 127 Å². The van der Waals surface area contributed by atoms with E-state index in [4.69, 9.17) is 5.73 Å². The Morgan fingerprint density at radius 1 is 1.41 bits per heavy atom. The van der Waals surface area contributed by atoms with Crippen molar-refractivity contribution < 1.29 is 0 Å². The van der Waals surface area contributed by atoms with Gasteiger partial charge in [-0.25, -0.2) is 0 Å². The molecule has 7 nitrogen and oxygen atoms in total. The van der Waals surface area contributed by atoms with Gasteiger partial charge < -0.3 is 10.6 Å². The Morgan fingerprint density at radius 2 is 2.27 bits per heavy atom. The summed E-state index contributed by atoms with van der Waals surface area (Å²) >= 11 is 0. The van der Waals surface area contributed by atoms with Crippen LogP contribution in [0.4, 0.5) is 11.8 Å². The molecule has 0 aliphatic carbocycles. The third-order valence-electron chi connectivity index (χ3n) is 4.56. The largest absolute Gasteiger partial charge is 0.369 e. The van der Waals surface area contributed by atoms with Crippen molar-refractivity contribution in [3.05, 3.63) is 40.5 Å². The summed E-state index contributed by atoms with van der Waals surface area (Å²) in [5.74, 6) is 0.845. The van der Waals surface area contributed by atoms with E-state index in [0.29, 0.717) is 11.9 Å². The topological polar surface area (TPSA) is 92.8 Å². The molecule has 2 aliphatic heterocycles. The molecule has 2 aromatic heterocycles. The number of hydrogen-bond donors (Lipinski definition) is 2. The van der Waals surface area contributed by atoms with E-state index in [2.05, 4.69) is 26.0 Å². The Balaban J connectivity index is 1.72. The minimum atomic E-state index is -0.205. The molecule has 7 heteroatoms. The minimum absolute atomic E-state index is 0.170. The van der Waals surface area contributed by atoms with Crippen LogP contribution in [0.1, 0.15) is 25.0 Å². The van der Waals surface area contributed by atoms with E-state index < -0.39 is 0 Å². The number of H-pyrrole nitrogens is 1. The lowest BCUT2D eigenvalue weighted by atomic mass is 9.98. The van der Waals surface area contributed by atoms with Crippen LogP contribution in [0.15, 0.2) is 29.2 Å². The maximum Gasteiger partial charge on any atom is 0.254 e. The van der Waals surface area contributed by atoms with Gasteiger partial charge in [0.05, 0.1) is 5.69 Å². The molecule has 3 N–H and O–H groups in total. The van der Waals surface area contributed by atoms with Gasteiger partial charge in [-0.05, 0) is 30.9 Å². The van der Waals surface area contributed by atoms with E-state index in [1.54, 1.807) is 0 Å². The maximum atomic E-state index is 11.7. The number of anilines is 2. The third kappa shape index (κ3) is 2.01. The van der Waals surface area contributed by atoms with E-state index >= 15 is 0 Å². The molecular formula is C15H18N6O. The predicted molar refractivity (Wildman–Crippen MR) is 84.4 cm³/mol. The van der Waals surface area contributed by atoms with Crippen LogP contribution in [0.2, 0.25) is 0 Å². The average molecular weight is 298 g/mol. The predicted octanol–water partition coefficient (Wildman–Crippen LogP) is 0.910. The van der Waals surface area contributed by atoms with Gasteiger partial charge >= 0.3 is 0 Å². The lowest BCUT2D eigenvalue weighted by molar-refractivity contribution is 0.642. The zero-order chi connectivity index (χ0) is 15.3. The number of aryl methyl sites for hydroxylation is 1. The zero-order valence-electron chi connectivity index (χ0n) is 12.4. The normalized spacial score (nSPS) is 23.7. The van der Waals surface area contributed by atoms with Crippen LogP contribution in [-0.4, -0.2) is 31.8 Å². The summed E-state index contributed by atoms with van der Waals surface area (Å²) in [6.45, 7) is 0. The number of nitrogens with one attached hydrogen (secondary N) is 1. The molecule has 0 spiro atoms. The highest BCUT2D eigenvalue weighted by Gasteiger charge is 2.38. The quantitative estimate of drug-likeness (QED) is 0.859.